The number of fused-ring (bicyclic) bond motifs is 1. The summed E-state index contributed by atoms with van der Waals surface area (Å²) < 4.78 is 24.2. The summed E-state index contributed by atoms with van der Waals surface area (Å²) in [6.07, 6.45) is 2.82. The highest BCUT2D eigenvalue weighted by Gasteiger charge is 2.23. The third-order valence-electron chi connectivity index (χ3n) is 5.27. The van der Waals surface area contributed by atoms with E-state index >= 15 is 0 Å². The second-order valence-electron chi connectivity index (χ2n) is 7.16. The van der Waals surface area contributed by atoms with E-state index in [0.717, 1.165) is 39.7 Å². The Morgan fingerprint density at radius 3 is 2.56 bits per heavy atom. The Bertz CT molecular complexity index is 1080. The van der Waals surface area contributed by atoms with E-state index in [1.54, 1.807) is 6.92 Å². The van der Waals surface area contributed by atoms with Crippen LogP contribution in [0.1, 0.15) is 41.5 Å². The Balaban J connectivity index is 1.98. The summed E-state index contributed by atoms with van der Waals surface area (Å²) in [6.45, 7) is 8.54. The maximum absolute atomic E-state index is 12.1. The maximum atomic E-state index is 12.1. The molecule has 0 radical (unpaired) electrons. The molecule has 0 aliphatic rings. The van der Waals surface area contributed by atoms with E-state index in [4.69, 9.17) is 5.14 Å². The molecule has 0 aliphatic heterocycles. The van der Waals surface area contributed by atoms with Gasteiger partial charge in [0.2, 0.25) is 10.0 Å². The first-order chi connectivity index (χ1) is 12.7. The van der Waals surface area contributed by atoms with Crippen LogP contribution >= 0.6 is 0 Å². The Morgan fingerprint density at radius 2 is 1.89 bits per heavy atom. The monoisotopic (exact) mass is 385 g/mol. The van der Waals surface area contributed by atoms with Gasteiger partial charge >= 0.3 is 0 Å². The molecule has 3 rings (SSSR count). The number of H-pyrrole nitrogens is 1. The average Bonchev–Trinajstić information content (AvgIpc) is 3.05. The molecule has 4 N–H and O–H groups in total. The van der Waals surface area contributed by atoms with Gasteiger partial charge in [0.15, 0.2) is 0 Å². The molecule has 0 unspecified atom stereocenters. The summed E-state index contributed by atoms with van der Waals surface area (Å²) in [5.41, 5.74) is 5.76. The Labute approximate surface area is 161 Å². The lowest BCUT2D eigenvalue weighted by atomic mass is 9.87. The number of nitrogens with two attached hydrogens (primary N) is 1. The number of hydrogen-bond acceptors (Lipinski definition) is 3. The maximum Gasteiger partial charge on any atom is 0.238 e. The van der Waals surface area contributed by atoms with Gasteiger partial charge in [0.05, 0.1) is 16.1 Å². The topological polar surface area (TPSA) is 88.0 Å². The minimum atomic E-state index is -3.76. The number of anilines is 1. The van der Waals surface area contributed by atoms with Crippen LogP contribution in [0.15, 0.2) is 41.4 Å². The standard InChI is InChI=1S/C21H27N3O2S/c1-5-16(12-24-18-8-6-7-17-9-10-23-20(17)18)19-13(2)11-14(3)21(15(19)4)27(22,25)26/h6-11,16,23-24H,5,12H2,1-4H3,(H2,22,25,26)/t16-/m1/s1. The van der Waals surface area contributed by atoms with Crippen LogP contribution in [-0.2, 0) is 10.0 Å². The summed E-state index contributed by atoms with van der Waals surface area (Å²) in [5.74, 6) is 0.177. The highest BCUT2D eigenvalue weighted by molar-refractivity contribution is 7.89. The molecule has 0 fully saturated rings. The predicted molar refractivity (Wildman–Crippen MR) is 112 cm³/mol. The minimum absolute atomic E-state index is 0.177. The second kappa shape index (κ2) is 7.37. The molecule has 0 saturated heterocycles. The van der Waals surface area contributed by atoms with Gasteiger partial charge in [-0.3, -0.25) is 0 Å². The molecule has 6 heteroatoms. The van der Waals surface area contributed by atoms with Crippen molar-refractivity contribution in [2.45, 2.75) is 44.9 Å². The highest BCUT2D eigenvalue weighted by Crippen LogP contribution is 2.33. The van der Waals surface area contributed by atoms with E-state index < -0.39 is 10.0 Å². The van der Waals surface area contributed by atoms with Crippen LogP contribution in [0.2, 0.25) is 0 Å². The summed E-state index contributed by atoms with van der Waals surface area (Å²) in [7, 11) is -3.76. The number of nitrogens with one attached hydrogen (secondary N) is 2. The molecule has 1 aromatic heterocycles. The number of para-hydroxylation sites is 1. The molecule has 27 heavy (non-hydrogen) atoms. The molecular formula is C21H27N3O2S. The molecule has 0 aliphatic carbocycles. The van der Waals surface area contributed by atoms with Crippen LogP contribution in [0.3, 0.4) is 0 Å². The molecule has 144 valence electrons. The van der Waals surface area contributed by atoms with E-state index in [1.807, 2.05) is 38.2 Å². The quantitative estimate of drug-likeness (QED) is 0.589. The van der Waals surface area contributed by atoms with Gasteiger partial charge < -0.3 is 10.3 Å². The van der Waals surface area contributed by atoms with Gasteiger partial charge in [-0.2, -0.15) is 0 Å². The van der Waals surface area contributed by atoms with E-state index in [9.17, 15) is 8.42 Å². The first-order valence-corrected chi connectivity index (χ1v) is 10.7. The molecule has 0 saturated carbocycles. The molecule has 1 atom stereocenters. The van der Waals surface area contributed by atoms with Crippen LogP contribution < -0.4 is 10.5 Å². The van der Waals surface area contributed by atoms with Gasteiger partial charge in [-0.25, -0.2) is 13.6 Å². The third kappa shape index (κ3) is 3.73. The van der Waals surface area contributed by atoms with Crippen molar-refractivity contribution in [3.63, 3.8) is 0 Å². The Morgan fingerprint density at radius 1 is 1.15 bits per heavy atom. The first kappa shape index (κ1) is 19.5. The van der Waals surface area contributed by atoms with Crippen molar-refractivity contribution in [3.05, 3.63) is 58.8 Å². The van der Waals surface area contributed by atoms with Crippen molar-refractivity contribution in [1.29, 1.82) is 0 Å². The van der Waals surface area contributed by atoms with Crippen LogP contribution in [0.25, 0.3) is 10.9 Å². The Kier molecular flexibility index (Phi) is 5.31. The largest absolute Gasteiger partial charge is 0.383 e. The molecule has 0 spiro atoms. The molecular weight excluding hydrogens is 358 g/mol. The lowest BCUT2D eigenvalue weighted by Gasteiger charge is -2.24. The van der Waals surface area contributed by atoms with Gasteiger partial charge in [0.25, 0.3) is 0 Å². The zero-order valence-electron chi connectivity index (χ0n) is 16.3. The summed E-state index contributed by atoms with van der Waals surface area (Å²) in [5, 5.41) is 10.2. The summed E-state index contributed by atoms with van der Waals surface area (Å²) >= 11 is 0. The SMILES string of the molecule is CC[C@H](CNc1cccc2cc[nH]c12)c1c(C)cc(C)c(S(N)(=O)=O)c1C. The number of rotatable bonds is 6. The van der Waals surface area contributed by atoms with Gasteiger partial charge in [-0.1, -0.05) is 25.1 Å². The third-order valence-corrected chi connectivity index (χ3v) is 6.47. The van der Waals surface area contributed by atoms with Gasteiger partial charge in [0.1, 0.15) is 0 Å². The Hall–Kier alpha value is -2.31. The normalized spacial score (nSPS) is 13.1. The van der Waals surface area contributed by atoms with E-state index in [1.165, 1.54) is 0 Å². The fraction of sp³-hybridized carbons (Fsp3) is 0.333. The lowest BCUT2D eigenvalue weighted by Crippen LogP contribution is -2.20. The number of primary sulfonamides is 1. The fourth-order valence-electron chi connectivity index (χ4n) is 4.16. The van der Waals surface area contributed by atoms with Crippen LogP contribution in [0.4, 0.5) is 5.69 Å². The van der Waals surface area contributed by atoms with Gasteiger partial charge in [-0.15, -0.1) is 0 Å². The second-order valence-corrected chi connectivity index (χ2v) is 8.65. The molecule has 0 amide bonds. The smallest absolute Gasteiger partial charge is 0.238 e. The molecule has 3 aromatic rings. The fourth-order valence-corrected chi connectivity index (χ4v) is 5.21. The summed E-state index contributed by atoms with van der Waals surface area (Å²) in [6, 6.07) is 10.1. The molecule has 0 bridgehead atoms. The lowest BCUT2D eigenvalue weighted by molar-refractivity contribution is 0.595. The minimum Gasteiger partial charge on any atom is -0.383 e. The van der Waals surface area contributed by atoms with E-state index in [2.05, 4.69) is 29.4 Å². The average molecular weight is 386 g/mol. The van der Waals surface area contributed by atoms with E-state index in [-0.39, 0.29) is 10.8 Å². The highest BCUT2D eigenvalue weighted by atomic mass is 32.2. The van der Waals surface area contributed by atoms with Crippen molar-refractivity contribution in [1.82, 2.24) is 4.98 Å². The zero-order valence-corrected chi connectivity index (χ0v) is 17.1. The van der Waals surface area contributed by atoms with E-state index in [0.29, 0.717) is 12.1 Å². The van der Waals surface area contributed by atoms with Crippen molar-refractivity contribution >= 4 is 26.6 Å². The zero-order chi connectivity index (χ0) is 19.8. The number of aromatic amines is 1. The molecule has 5 nitrogen and oxygen atoms in total. The number of aromatic nitrogens is 1. The van der Waals surface area contributed by atoms with Gasteiger partial charge in [0, 0.05) is 24.0 Å². The number of sulfonamides is 1. The van der Waals surface area contributed by atoms with Gasteiger partial charge in [-0.05, 0) is 61.6 Å². The van der Waals surface area contributed by atoms with Crippen molar-refractivity contribution in [2.24, 2.45) is 5.14 Å². The van der Waals surface area contributed by atoms with Crippen molar-refractivity contribution < 1.29 is 8.42 Å². The molecule has 1 heterocycles. The van der Waals surface area contributed by atoms with Crippen LogP contribution in [0.5, 0.6) is 0 Å². The number of hydrogen-bond donors (Lipinski definition) is 3. The molecule has 2 aromatic carbocycles. The van der Waals surface area contributed by atoms with Crippen molar-refractivity contribution in [2.75, 3.05) is 11.9 Å². The first-order valence-electron chi connectivity index (χ1n) is 9.17. The summed E-state index contributed by atoms with van der Waals surface area (Å²) in [4.78, 5) is 3.53. The van der Waals surface area contributed by atoms with Crippen LogP contribution in [-0.4, -0.2) is 19.9 Å². The number of benzene rings is 2. The number of aryl methyl sites for hydroxylation is 2. The van der Waals surface area contributed by atoms with Crippen molar-refractivity contribution in [3.8, 4) is 0 Å². The van der Waals surface area contributed by atoms with Crippen LogP contribution in [0, 0.1) is 20.8 Å². The predicted octanol–water partition coefficient (Wildman–Crippen LogP) is 4.35.